The lowest BCUT2D eigenvalue weighted by Crippen LogP contribution is -2.40. The fourth-order valence-corrected chi connectivity index (χ4v) is 3.97. The van der Waals surface area contributed by atoms with Gasteiger partial charge in [-0.05, 0) is 31.9 Å². The van der Waals surface area contributed by atoms with Crippen molar-refractivity contribution in [3.63, 3.8) is 0 Å². The first-order valence-corrected chi connectivity index (χ1v) is 9.99. The Hall–Kier alpha value is -3.50. The van der Waals surface area contributed by atoms with Crippen LogP contribution in [0.1, 0.15) is 46.2 Å². The van der Waals surface area contributed by atoms with Gasteiger partial charge in [0.25, 0.3) is 17.0 Å². The number of carbonyl (C=O) groups excluding carboxylic acids is 1. The molecule has 8 nitrogen and oxygen atoms in total. The van der Waals surface area contributed by atoms with E-state index in [2.05, 4.69) is 15.0 Å². The lowest BCUT2D eigenvalue weighted by molar-refractivity contribution is -0.136. The highest BCUT2D eigenvalue weighted by Gasteiger charge is 2.36. The van der Waals surface area contributed by atoms with Gasteiger partial charge >= 0.3 is 6.18 Å². The minimum absolute atomic E-state index is 0.129. The van der Waals surface area contributed by atoms with Crippen LogP contribution in [0.4, 0.5) is 13.2 Å². The Kier molecular flexibility index (Phi) is 5.35. The number of likely N-dealkylation sites (tertiary alicyclic amines) is 1. The predicted octanol–water partition coefficient (Wildman–Crippen LogP) is 2.36. The number of fused-ring (bicyclic) bond motifs is 1. The fraction of sp³-hybridized carbons (Fsp3) is 0.381. The third-order valence-corrected chi connectivity index (χ3v) is 5.60. The van der Waals surface area contributed by atoms with Crippen LogP contribution in [-0.2, 0) is 13.2 Å². The first-order chi connectivity index (χ1) is 15.0. The molecule has 1 fully saturated rings. The molecule has 0 aromatic carbocycles. The van der Waals surface area contributed by atoms with Crippen LogP contribution < -0.4 is 11.1 Å². The normalized spacial score (nSPS) is 17.0. The summed E-state index contributed by atoms with van der Waals surface area (Å²) >= 11 is 0. The van der Waals surface area contributed by atoms with Crippen molar-refractivity contribution in [3.05, 3.63) is 67.7 Å². The van der Waals surface area contributed by atoms with Crippen molar-refractivity contribution in [3.8, 4) is 0 Å². The predicted molar refractivity (Wildman–Crippen MR) is 109 cm³/mol. The molecule has 1 aliphatic rings. The lowest BCUT2D eigenvalue weighted by Gasteiger charge is -2.33. The molecule has 32 heavy (non-hydrogen) atoms. The second-order valence-corrected chi connectivity index (χ2v) is 7.90. The number of carbonyl (C=O) groups is 1. The van der Waals surface area contributed by atoms with E-state index in [1.54, 1.807) is 7.05 Å². The molecule has 1 aliphatic heterocycles. The monoisotopic (exact) mass is 447 g/mol. The summed E-state index contributed by atoms with van der Waals surface area (Å²) < 4.78 is 42.6. The van der Waals surface area contributed by atoms with Gasteiger partial charge in [-0.15, -0.1) is 0 Å². The molecule has 0 aliphatic carbocycles. The van der Waals surface area contributed by atoms with Crippen LogP contribution in [0.25, 0.3) is 11.0 Å². The summed E-state index contributed by atoms with van der Waals surface area (Å²) in [6.07, 6.45) is -2.19. The van der Waals surface area contributed by atoms with Crippen LogP contribution in [0.5, 0.6) is 0 Å². The van der Waals surface area contributed by atoms with Crippen molar-refractivity contribution < 1.29 is 18.0 Å². The van der Waals surface area contributed by atoms with E-state index in [-0.39, 0.29) is 40.7 Å². The van der Waals surface area contributed by atoms with Gasteiger partial charge in [-0.1, -0.05) is 0 Å². The molecule has 0 bridgehead atoms. The molecule has 1 amide bonds. The number of piperidine rings is 1. The number of H-pyrrole nitrogens is 1. The second kappa shape index (κ2) is 7.88. The van der Waals surface area contributed by atoms with Crippen LogP contribution >= 0.6 is 0 Å². The Balaban J connectivity index is 1.72. The van der Waals surface area contributed by atoms with Crippen LogP contribution in [0.2, 0.25) is 0 Å². The summed E-state index contributed by atoms with van der Waals surface area (Å²) in [4.78, 5) is 49.0. The van der Waals surface area contributed by atoms with E-state index in [4.69, 9.17) is 0 Å². The number of aromatic amines is 1. The number of hydrogen-bond acceptors (Lipinski definition) is 5. The zero-order valence-corrected chi connectivity index (χ0v) is 17.4. The zero-order valence-electron chi connectivity index (χ0n) is 17.4. The molecule has 3 aromatic rings. The molecule has 1 atom stereocenters. The number of alkyl halides is 3. The van der Waals surface area contributed by atoms with Gasteiger partial charge in [-0.25, -0.2) is 9.97 Å². The average molecular weight is 447 g/mol. The van der Waals surface area contributed by atoms with Gasteiger partial charge in [0.1, 0.15) is 5.82 Å². The third-order valence-electron chi connectivity index (χ3n) is 5.60. The van der Waals surface area contributed by atoms with Crippen molar-refractivity contribution >= 4 is 16.9 Å². The highest BCUT2D eigenvalue weighted by atomic mass is 19.4. The standard InChI is InChI=1S/C21H20F3N5O3/c1-11-25-18-17(19(31)26-11)14(21(22,23)24)9-15(27-18)13-4-3-6-29(10-13)20(32)12-5-7-28(2)16(30)8-12/h5,7-9,13H,3-4,6,10H2,1-2H3,(H,25,26,27,31)/t13-/m1/s1. The molecule has 0 unspecified atom stereocenters. The van der Waals surface area contributed by atoms with E-state index in [0.29, 0.717) is 19.4 Å². The quantitative estimate of drug-likeness (QED) is 0.650. The number of aryl methyl sites for hydroxylation is 2. The molecule has 0 spiro atoms. The van der Waals surface area contributed by atoms with Crippen LogP contribution in [0.15, 0.2) is 34.0 Å². The van der Waals surface area contributed by atoms with Crippen LogP contribution in [-0.4, -0.2) is 43.4 Å². The zero-order chi connectivity index (χ0) is 23.2. The maximum Gasteiger partial charge on any atom is 0.417 e. The molecule has 11 heteroatoms. The third kappa shape index (κ3) is 4.02. The minimum atomic E-state index is -4.77. The van der Waals surface area contributed by atoms with Crippen molar-refractivity contribution in [2.75, 3.05) is 13.1 Å². The van der Waals surface area contributed by atoms with E-state index in [9.17, 15) is 27.6 Å². The molecule has 1 N–H and O–H groups in total. The Morgan fingerprint density at radius 2 is 1.97 bits per heavy atom. The molecule has 4 heterocycles. The van der Waals surface area contributed by atoms with Crippen LogP contribution in [0.3, 0.4) is 0 Å². The molecule has 4 rings (SSSR count). The van der Waals surface area contributed by atoms with Gasteiger partial charge < -0.3 is 14.5 Å². The maximum absolute atomic E-state index is 13.7. The summed E-state index contributed by atoms with van der Waals surface area (Å²) in [5, 5.41) is -0.601. The Labute approximate surface area is 179 Å². The van der Waals surface area contributed by atoms with E-state index >= 15 is 0 Å². The van der Waals surface area contributed by atoms with Crippen molar-refractivity contribution in [1.82, 2.24) is 24.4 Å². The molecule has 3 aromatic heterocycles. The number of hydrogen-bond donors (Lipinski definition) is 1. The van der Waals surface area contributed by atoms with Gasteiger partial charge in [0, 0.05) is 49.6 Å². The molecule has 1 saturated heterocycles. The smallest absolute Gasteiger partial charge is 0.338 e. The first-order valence-electron chi connectivity index (χ1n) is 9.99. The number of rotatable bonds is 2. The number of amides is 1. The molecule has 0 saturated carbocycles. The van der Waals surface area contributed by atoms with Crippen molar-refractivity contribution in [1.29, 1.82) is 0 Å². The van der Waals surface area contributed by atoms with E-state index in [0.717, 1.165) is 6.07 Å². The van der Waals surface area contributed by atoms with Gasteiger partial charge in [0.2, 0.25) is 0 Å². The van der Waals surface area contributed by atoms with E-state index in [1.165, 1.54) is 34.7 Å². The number of aromatic nitrogens is 4. The summed E-state index contributed by atoms with van der Waals surface area (Å²) in [5.74, 6) is -0.674. The summed E-state index contributed by atoms with van der Waals surface area (Å²) in [6, 6.07) is 3.65. The molecule has 168 valence electrons. The van der Waals surface area contributed by atoms with Gasteiger partial charge in [0.05, 0.1) is 10.9 Å². The number of nitrogens with zero attached hydrogens (tertiary/aromatic N) is 4. The van der Waals surface area contributed by atoms with Gasteiger partial charge in [-0.3, -0.25) is 14.4 Å². The Morgan fingerprint density at radius 3 is 2.66 bits per heavy atom. The fourth-order valence-electron chi connectivity index (χ4n) is 3.97. The minimum Gasteiger partial charge on any atom is -0.338 e. The van der Waals surface area contributed by atoms with E-state index < -0.39 is 28.6 Å². The molecule has 0 radical (unpaired) electrons. The van der Waals surface area contributed by atoms with Gasteiger partial charge in [-0.2, -0.15) is 13.2 Å². The lowest BCUT2D eigenvalue weighted by atomic mass is 9.92. The number of nitrogens with one attached hydrogen (secondary N) is 1. The first kappa shape index (κ1) is 21.7. The second-order valence-electron chi connectivity index (χ2n) is 7.90. The maximum atomic E-state index is 13.7. The van der Waals surface area contributed by atoms with Crippen molar-refractivity contribution in [2.45, 2.75) is 31.9 Å². The molecular weight excluding hydrogens is 427 g/mol. The molecular formula is C21H20F3N5O3. The highest BCUT2D eigenvalue weighted by molar-refractivity contribution is 5.94. The number of pyridine rings is 2. The average Bonchev–Trinajstić information content (AvgIpc) is 2.73. The van der Waals surface area contributed by atoms with Crippen LogP contribution in [0, 0.1) is 6.92 Å². The Morgan fingerprint density at radius 1 is 1.22 bits per heavy atom. The largest absolute Gasteiger partial charge is 0.417 e. The van der Waals surface area contributed by atoms with Gasteiger partial charge in [0.15, 0.2) is 5.65 Å². The van der Waals surface area contributed by atoms with E-state index in [1.807, 2.05) is 0 Å². The number of halogens is 3. The summed E-state index contributed by atoms with van der Waals surface area (Å²) in [7, 11) is 1.57. The SMILES string of the molecule is Cc1nc2nc([C@@H]3CCCN(C(=O)c4ccn(C)c(=O)c4)C3)cc(C(F)(F)F)c2c(=O)[nH]1. The Bertz CT molecular complexity index is 1330. The van der Waals surface area contributed by atoms with Crippen molar-refractivity contribution in [2.24, 2.45) is 7.05 Å². The topological polar surface area (TPSA) is 101 Å². The summed E-state index contributed by atoms with van der Waals surface area (Å²) in [5.41, 5.74) is -2.25. The highest BCUT2D eigenvalue weighted by Crippen LogP contribution is 2.36. The summed E-state index contributed by atoms with van der Waals surface area (Å²) in [6.45, 7) is 2.03.